The first-order chi connectivity index (χ1) is 18.6. The van der Waals surface area contributed by atoms with Gasteiger partial charge in [0.15, 0.2) is 0 Å². The van der Waals surface area contributed by atoms with Crippen LogP contribution in [0.4, 0.5) is 0 Å². The summed E-state index contributed by atoms with van der Waals surface area (Å²) in [6.45, 7) is 3.20. The highest BCUT2D eigenvalue weighted by molar-refractivity contribution is 5.93. The van der Waals surface area contributed by atoms with E-state index in [9.17, 15) is 29.4 Å². The lowest BCUT2D eigenvalue weighted by molar-refractivity contribution is -0.141. The number of para-hydroxylation sites is 1. The van der Waals surface area contributed by atoms with Gasteiger partial charge in [-0.05, 0) is 41.7 Å². The molecular weight excluding hydrogens is 502 g/mol. The van der Waals surface area contributed by atoms with E-state index in [4.69, 9.17) is 5.73 Å². The van der Waals surface area contributed by atoms with Crippen molar-refractivity contribution < 1.29 is 29.4 Å². The van der Waals surface area contributed by atoms with Crippen LogP contribution in [0.3, 0.4) is 0 Å². The third-order valence-corrected chi connectivity index (χ3v) is 6.68. The summed E-state index contributed by atoms with van der Waals surface area (Å²) in [7, 11) is 0. The monoisotopic (exact) mass is 537 g/mol. The highest BCUT2D eigenvalue weighted by atomic mass is 16.4. The van der Waals surface area contributed by atoms with E-state index in [2.05, 4.69) is 20.9 Å². The van der Waals surface area contributed by atoms with Gasteiger partial charge in [0.25, 0.3) is 0 Å². The maximum Gasteiger partial charge on any atom is 0.326 e. The maximum absolute atomic E-state index is 12.9. The molecular formula is C28H35N5O6. The Kier molecular flexibility index (Phi) is 10.0. The molecule has 0 aliphatic carbocycles. The van der Waals surface area contributed by atoms with Gasteiger partial charge >= 0.3 is 5.97 Å². The van der Waals surface area contributed by atoms with Gasteiger partial charge in [-0.15, -0.1) is 0 Å². The zero-order valence-electron chi connectivity index (χ0n) is 21.9. The molecule has 3 amide bonds. The molecule has 0 bridgehead atoms. The highest BCUT2D eigenvalue weighted by Crippen LogP contribution is 2.19. The zero-order chi connectivity index (χ0) is 28.5. The van der Waals surface area contributed by atoms with E-state index < -0.39 is 48.4 Å². The lowest BCUT2D eigenvalue weighted by Gasteiger charge is -2.25. The quantitative estimate of drug-likeness (QED) is 0.171. The topological polar surface area (TPSA) is 187 Å². The first-order valence-corrected chi connectivity index (χ1v) is 12.8. The summed E-state index contributed by atoms with van der Waals surface area (Å²) in [6.07, 6.45) is 2.65. The Balaban J connectivity index is 1.56. The van der Waals surface area contributed by atoms with Crippen molar-refractivity contribution in [3.63, 3.8) is 0 Å². The number of carbonyl (C=O) groups is 4. The van der Waals surface area contributed by atoms with Crippen LogP contribution in [-0.4, -0.2) is 63.6 Å². The van der Waals surface area contributed by atoms with E-state index in [0.717, 1.165) is 16.5 Å². The normalized spacial score (nSPS) is 14.1. The summed E-state index contributed by atoms with van der Waals surface area (Å²) in [5.41, 5.74) is 8.60. The number of aromatic hydroxyl groups is 1. The number of fused-ring (bicyclic) bond motifs is 1. The Morgan fingerprint density at radius 1 is 0.974 bits per heavy atom. The molecule has 0 aliphatic rings. The molecule has 0 radical (unpaired) electrons. The molecule has 1 aromatic heterocycles. The number of carboxylic acid groups (broad SMARTS) is 1. The van der Waals surface area contributed by atoms with E-state index >= 15 is 0 Å². The van der Waals surface area contributed by atoms with Gasteiger partial charge in [0.05, 0.1) is 12.6 Å². The Hall–Kier alpha value is -4.38. The first kappa shape index (κ1) is 29.2. The molecule has 2 aromatic carbocycles. The number of aliphatic carboxylic acids is 1. The lowest BCUT2D eigenvalue weighted by atomic mass is 9.97. The summed E-state index contributed by atoms with van der Waals surface area (Å²) < 4.78 is 0. The Morgan fingerprint density at radius 2 is 1.67 bits per heavy atom. The number of hydrogen-bond acceptors (Lipinski definition) is 6. The number of aromatic amines is 1. The number of H-pyrrole nitrogens is 1. The molecule has 0 fully saturated rings. The average Bonchev–Trinajstić information content (AvgIpc) is 3.33. The van der Waals surface area contributed by atoms with Crippen molar-refractivity contribution >= 4 is 34.6 Å². The first-order valence-electron chi connectivity index (χ1n) is 12.8. The van der Waals surface area contributed by atoms with Crippen LogP contribution < -0.4 is 21.7 Å². The molecule has 0 aliphatic heterocycles. The van der Waals surface area contributed by atoms with Crippen molar-refractivity contribution in [1.82, 2.24) is 20.9 Å². The zero-order valence-corrected chi connectivity index (χ0v) is 21.9. The molecule has 0 spiro atoms. The van der Waals surface area contributed by atoms with Gasteiger partial charge in [0.2, 0.25) is 17.7 Å². The smallest absolute Gasteiger partial charge is 0.326 e. The average molecular weight is 538 g/mol. The molecule has 1 heterocycles. The van der Waals surface area contributed by atoms with Crippen molar-refractivity contribution in [2.45, 2.75) is 51.2 Å². The molecule has 4 unspecified atom stereocenters. The van der Waals surface area contributed by atoms with Crippen molar-refractivity contribution in [3.05, 3.63) is 65.9 Å². The minimum Gasteiger partial charge on any atom is -0.508 e. The van der Waals surface area contributed by atoms with Gasteiger partial charge in [0.1, 0.15) is 17.8 Å². The van der Waals surface area contributed by atoms with Gasteiger partial charge in [-0.3, -0.25) is 14.4 Å². The summed E-state index contributed by atoms with van der Waals surface area (Å²) >= 11 is 0. The lowest BCUT2D eigenvalue weighted by Crippen LogP contribution is -2.56. The van der Waals surface area contributed by atoms with Gasteiger partial charge in [-0.2, -0.15) is 0 Å². The van der Waals surface area contributed by atoms with Crippen LogP contribution in [0.25, 0.3) is 10.9 Å². The van der Waals surface area contributed by atoms with Crippen molar-refractivity contribution in [3.8, 4) is 5.75 Å². The highest BCUT2D eigenvalue weighted by Gasteiger charge is 2.29. The van der Waals surface area contributed by atoms with Gasteiger partial charge in [-0.1, -0.05) is 50.6 Å². The third-order valence-electron chi connectivity index (χ3n) is 6.68. The number of amides is 3. The minimum atomic E-state index is -1.24. The summed E-state index contributed by atoms with van der Waals surface area (Å²) in [5.74, 6) is -3.21. The van der Waals surface area contributed by atoms with Crippen LogP contribution in [0.15, 0.2) is 54.7 Å². The SMILES string of the molecule is CCC(C)C(NC(=O)C(N)Cc1c[nH]c2ccccc12)C(=O)NCC(=O)NC(Cc1ccc(O)cc1)C(=O)O. The molecule has 4 atom stereocenters. The Bertz CT molecular complexity index is 1310. The Labute approximate surface area is 226 Å². The number of phenolic OH excluding ortho intramolecular Hbond substituents is 1. The maximum atomic E-state index is 12.9. The fraction of sp³-hybridized carbons (Fsp3) is 0.357. The van der Waals surface area contributed by atoms with Crippen molar-refractivity contribution in [2.75, 3.05) is 6.54 Å². The van der Waals surface area contributed by atoms with Crippen LogP contribution in [-0.2, 0) is 32.0 Å². The number of carbonyl (C=O) groups excluding carboxylic acids is 3. The standard InChI is InChI=1S/C28H35N5O6/c1-3-16(2)25(33-26(36)21(29)13-18-14-30-22-7-5-4-6-20(18)22)27(37)31-15-24(35)32-23(28(38)39)12-17-8-10-19(34)11-9-17/h4-11,14,16,21,23,25,30,34H,3,12-13,15,29H2,1-2H3,(H,31,37)(H,32,35)(H,33,36)(H,38,39). The molecule has 8 N–H and O–H groups in total. The second kappa shape index (κ2) is 13.4. The number of carboxylic acids is 1. The van der Waals surface area contributed by atoms with Crippen LogP contribution in [0.2, 0.25) is 0 Å². The summed E-state index contributed by atoms with van der Waals surface area (Å²) in [4.78, 5) is 53.1. The number of aromatic nitrogens is 1. The molecule has 11 heteroatoms. The van der Waals surface area contributed by atoms with Crippen LogP contribution >= 0.6 is 0 Å². The van der Waals surface area contributed by atoms with Gasteiger partial charge in [-0.25, -0.2) is 4.79 Å². The predicted molar refractivity (Wildman–Crippen MR) is 146 cm³/mol. The third kappa shape index (κ3) is 8.05. The number of rotatable bonds is 13. The van der Waals surface area contributed by atoms with E-state index in [1.54, 1.807) is 25.3 Å². The van der Waals surface area contributed by atoms with E-state index in [0.29, 0.717) is 12.0 Å². The van der Waals surface area contributed by atoms with Gasteiger partial charge in [0, 0.05) is 23.5 Å². The molecule has 0 saturated carbocycles. The molecule has 3 aromatic rings. The predicted octanol–water partition coefficient (Wildman–Crippen LogP) is 1.20. The number of benzene rings is 2. The Morgan fingerprint density at radius 3 is 2.33 bits per heavy atom. The van der Waals surface area contributed by atoms with Crippen LogP contribution in [0.1, 0.15) is 31.4 Å². The molecule has 208 valence electrons. The molecule has 39 heavy (non-hydrogen) atoms. The second-order valence-electron chi connectivity index (χ2n) is 9.59. The summed E-state index contributed by atoms with van der Waals surface area (Å²) in [6, 6.07) is 10.6. The van der Waals surface area contributed by atoms with E-state index in [1.807, 2.05) is 31.2 Å². The second-order valence-corrected chi connectivity index (χ2v) is 9.59. The number of nitrogens with one attached hydrogen (secondary N) is 4. The number of nitrogens with two attached hydrogens (primary N) is 1. The molecule has 11 nitrogen and oxygen atoms in total. The van der Waals surface area contributed by atoms with E-state index in [1.165, 1.54) is 12.1 Å². The molecule has 0 saturated heterocycles. The fourth-order valence-electron chi connectivity index (χ4n) is 4.18. The largest absolute Gasteiger partial charge is 0.508 e. The van der Waals surface area contributed by atoms with Crippen molar-refractivity contribution in [2.24, 2.45) is 11.7 Å². The fourth-order valence-corrected chi connectivity index (χ4v) is 4.18. The van der Waals surface area contributed by atoms with Crippen LogP contribution in [0.5, 0.6) is 5.75 Å². The molecule has 3 rings (SSSR count). The summed E-state index contributed by atoms with van der Waals surface area (Å²) in [5, 5.41) is 27.4. The number of hydrogen-bond donors (Lipinski definition) is 7. The van der Waals surface area contributed by atoms with E-state index in [-0.39, 0.29) is 24.5 Å². The number of phenols is 1. The van der Waals surface area contributed by atoms with Crippen LogP contribution in [0, 0.1) is 5.92 Å². The van der Waals surface area contributed by atoms with Crippen molar-refractivity contribution in [1.29, 1.82) is 0 Å². The van der Waals surface area contributed by atoms with Gasteiger partial charge < -0.3 is 36.9 Å². The minimum absolute atomic E-state index is 0.00479.